The Hall–Kier alpha value is -3.76. The number of carbonyl (C=O) groups is 3. The Morgan fingerprint density at radius 1 is 0.971 bits per heavy atom. The number of fused-ring (bicyclic) bond motifs is 3. The maximum absolute atomic E-state index is 12.1. The van der Waals surface area contributed by atoms with Gasteiger partial charge < -0.3 is 25.2 Å². The van der Waals surface area contributed by atoms with Crippen LogP contribution in [0.25, 0.3) is 11.1 Å². The molecule has 0 bridgehead atoms. The van der Waals surface area contributed by atoms with Crippen molar-refractivity contribution in [3.05, 3.63) is 75.7 Å². The molecule has 0 atom stereocenters. The third kappa shape index (κ3) is 6.23. The normalized spacial score (nSPS) is 12.0. The van der Waals surface area contributed by atoms with Crippen LogP contribution in [0.1, 0.15) is 39.0 Å². The van der Waals surface area contributed by atoms with E-state index >= 15 is 0 Å². The summed E-state index contributed by atoms with van der Waals surface area (Å²) in [6, 6.07) is 16.3. The van der Waals surface area contributed by atoms with E-state index in [1.54, 1.807) is 0 Å². The standard InChI is InChI=1S/C25H25N3O6S/c29-22(27-13-23-28-21(15-35-23)24(30)31)9-11-33-12-10-26-25(32)34-14-20-18-7-3-1-5-16(18)17-6-2-4-8-19(17)20/h1-8,15,20H,9-14H2,(H,26,32)(H,27,29)(H,30,31). The van der Waals surface area contributed by atoms with E-state index in [2.05, 4.69) is 39.9 Å². The quantitative estimate of drug-likeness (QED) is 0.348. The summed E-state index contributed by atoms with van der Waals surface area (Å²) in [6.45, 7) is 1.10. The number of alkyl carbamates (subject to hydrolysis) is 1. The molecule has 3 aromatic rings. The lowest BCUT2D eigenvalue weighted by atomic mass is 9.98. The van der Waals surface area contributed by atoms with Crippen LogP contribution in [-0.4, -0.2) is 54.4 Å². The zero-order valence-electron chi connectivity index (χ0n) is 18.9. The van der Waals surface area contributed by atoms with E-state index in [-0.39, 0.29) is 56.8 Å². The molecular formula is C25H25N3O6S. The van der Waals surface area contributed by atoms with E-state index in [0.29, 0.717) is 5.01 Å². The van der Waals surface area contributed by atoms with Gasteiger partial charge in [0, 0.05) is 24.3 Å². The summed E-state index contributed by atoms with van der Waals surface area (Å²) in [5.74, 6) is -1.33. The summed E-state index contributed by atoms with van der Waals surface area (Å²) in [7, 11) is 0. The third-order valence-corrected chi connectivity index (χ3v) is 6.39. The van der Waals surface area contributed by atoms with Crippen molar-refractivity contribution in [1.29, 1.82) is 0 Å². The van der Waals surface area contributed by atoms with E-state index in [4.69, 9.17) is 14.6 Å². The number of nitrogens with one attached hydrogen (secondary N) is 2. The third-order valence-electron chi connectivity index (χ3n) is 5.54. The summed E-state index contributed by atoms with van der Waals surface area (Å²) in [6.07, 6.45) is -0.375. The number of amides is 2. The van der Waals surface area contributed by atoms with Crippen LogP contribution in [0.4, 0.5) is 4.79 Å². The van der Waals surface area contributed by atoms with Gasteiger partial charge in [-0.15, -0.1) is 11.3 Å². The maximum Gasteiger partial charge on any atom is 0.407 e. The number of aromatic nitrogens is 1. The number of carbonyl (C=O) groups excluding carboxylic acids is 2. The van der Waals surface area contributed by atoms with Gasteiger partial charge in [-0.2, -0.15) is 0 Å². The van der Waals surface area contributed by atoms with Crippen LogP contribution in [0.5, 0.6) is 0 Å². The largest absolute Gasteiger partial charge is 0.476 e. The molecule has 4 rings (SSSR count). The number of carboxylic acids is 1. The van der Waals surface area contributed by atoms with Gasteiger partial charge in [-0.1, -0.05) is 48.5 Å². The van der Waals surface area contributed by atoms with Crippen molar-refractivity contribution in [3.8, 4) is 11.1 Å². The fourth-order valence-corrected chi connectivity index (χ4v) is 4.60. The number of benzene rings is 2. The van der Waals surface area contributed by atoms with Crippen LogP contribution in [-0.2, 0) is 20.8 Å². The number of hydrogen-bond donors (Lipinski definition) is 3. The van der Waals surface area contributed by atoms with Crippen LogP contribution < -0.4 is 10.6 Å². The van der Waals surface area contributed by atoms with Crippen molar-refractivity contribution in [2.45, 2.75) is 18.9 Å². The monoisotopic (exact) mass is 495 g/mol. The van der Waals surface area contributed by atoms with Gasteiger partial charge >= 0.3 is 12.1 Å². The molecule has 0 unspecified atom stereocenters. The number of aromatic carboxylic acids is 1. The Labute approximate surface area is 206 Å². The summed E-state index contributed by atoms with van der Waals surface area (Å²) < 4.78 is 10.9. The summed E-state index contributed by atoms with van der Waals surface area (Å²) in [4.78, 5) is 38.7. The lowest BCUT2D eigenvalue weighted by Crippen LogP contribution is -2.29. The molecular weight excluding hydrogens is 470 g/mol. The summed E-state index contributed by atoms with van der Waals surface area (Å²) in [5.41, 5.74) is 4.62. The molecule has 1 heterocycles. The van der Waals surface area contributed by atoms with Gasteiger partial charge in [-0.3, -0.25) is 4.79 Å². The topological polar surface area (TPSA) is 127 Å². The van der Waals surface area contributed by atoms with Crippen LogP contribution in [0.3, 0.4) is 0 Å². The lowest BCUT2D eigenvalue weighted by molar-refractivity contribution is -0.122. The van der Waals surface area contributed by atoms with Gasteiger partial charge in [0.15, 0.2) is 5.69 Å². The summed E-state index contributed by atoms with van der Waals surface area (Å²) in [5, 5.41) is 16.1. The molecule has 182 valence electrons. The SMILES string of the molecule is O=C(CCOCCNC(=O)OCC1c2ccccc2-c2ccccc21)NCc1nc(C(=O)O)cs1. The smallest absolute Gasteiger partial charge is 0.407 e. The number of thiazole rings is 1. The highest BCUT2D eigenvalue weighted by molar-refractivity contribution is 7.09. The Balaban J connectivity index is 1.10. The molecule has 2 amide bonds. The molecule has 3 N–H and O–H groups in total. The first-order valence-electron chi connectivity index (χ1n) is 11.1. The van der Waals surface area contributed by atoms with Crippen molar-refractivity contribution in [2.75, 3.05) is 26.4 Å². The Morgan fingerprint density at radius 3 is 2.31 bits per heavy atom. The van der Waals surface area contributed by atoms with E-state index in [9.17, 15) is 14.4 Å². The van der Waals surface area contributed by atoms with Crippen LogP contribution in [0.15, 0.2) is 53.9 Å². The molecule has 0 spiro atoms. The lowest BCUT2D eigenvalue weighted by Gasteiger charge is -2.14. The number of nitrogens with zero attached hydrogens (tertiary/aromatic N) is 1. The fourth-order valence-electron chi connectivity index (χ4n) is 3.89. The van der Waals surface area contributed by atoms with Gasteiger partial charge in [0.25, 0.3) is 0 Å². The average Bonchev–Trinajstić information content (AvgIpc) is 3.47. The minimum Gasteiger partial charge on any atom is -0.476 e. The Kier molecular flexibility index (Phi) is 8.07. The Morgan fingerprint density at radius 2 is 1.66 bits per heavy atom. The highest BCUT2D eigenvalue weighted by atomic mass is 32.1. The first-order valence-corrected chi connectivity index (χ1v) is 12.0. The molecule has 1 aliphatic rings. The van der Waals surface area contributed by atoms with Gasteiger partial charge in [-0.05, 0) is 22.3 Å². The van der Waals surface area contributed by atoms with Gasteiger partial charge in [0.2, 0.25) is 5.91 Å². The molecule has 2 aromatic carbocycles. The van der Waals surface area contributed by atoms with Crippen molar-refractivity contribution < 1.29 is 29.0 Å². The second-order valence-corrected chi connectivity index (χ2v) is 8.77. The first-order chi connectivity index (χ1) is 17.0. The van der Waals surface area contributed by atoms with Crippen LogP contribution >= 0.6 is 11.3 Å². The zero-order valence-corrected chi connectivity index (χ0v) is 19.7. The predicted octanol–water partition coefficient (Wildman–Crippen LogP) is 3.40. The van der Waals surface area contributed by atoms with E-state index in [0.717, 1.165) is 11.1 Å². The second kappa shape index (κ2) is 11.6. The highest BCUT2D eigenvalue weighted by Crippen LogP contribution is 2.44. The van der Waals surface area contributed by atoms with Gasteiger partial charge in [0.05, 0.1) is 19.8 Å². The maximum atomic E-state index is 12.1. The Bertz CT molecular complexity index is 1170. The molecule has 10 heteroatoms. The summed E-state index contributed by atoms with van der Waals surface area (Å²) >= 11 is 1.17. The van der Waals surface area contributed by atoms with Crippen LogP contribution in [0.2, 0.25) is 0 Å². The van der Waals surface area contributed by atoms with Gasteiger partial charge in [-0.25, -0.2) is 14.6 Å². The van der Waals surface area contributed by atoms with Gasteiger partial charge in [0.1, 0.15) is 11.6 Å². The van der Waals surface area contributed by atoms with Crippen LogP contribution in [0, 0.1) is 0 Å². The van der Waals surface area contributed by atoms with Crippen molar-refractivity contribution in [3.63, 3.8) is 0 Å². The zero-order chi connectivity index (χ0) is 24.6. The number of rotatable bonds is 11. The number of ether oxygens (including phenoxy) is 2. The van der Waals surface area contributed by atoms with Crippen molar-refractivity contribution in [1.82, 2.24) is 15.6 Å². The molecule has 1 aliphatic carbocycles. The molecule has 35 heavy (non-hydrogen) atoms. The molecule has 0 aliphatic heterocycles. The second-order valence-electron chi connectivity index (χ2n) is 7.82. The molecule has 0 fully saturated rings. The minimum atomic E-state index is -1.10. The van der Waals surface area contributed by atoms with E-state index < -0.39 is 12.1 Å². The number of carboxylic acid groups (broad SMARTS) is 1. The highest BCUT2D eigenvalue weighted by Gasteiger charge is 2.28. The molecule has 9 nitrogen and oxygen atoms in total. The van der Waals surface area contributed by atoms with E-state index in [1.807, 2.05) is 24.3 Å². The van der Waals surface area contributed by atoms with Crippen molar-refractivity contribution in [2.24, 2.45) is 0 Å². The predicted molar refractivity (Wildman–Crippen MR) is 129 cm³/mol. The molecule has 0 saturated heterocycles. The fraction of sp³-hybridized carbons (Fsp3) is 0.280. The molecule has 0 saturated carbocycles. The molecule has 0 radical (unpaired) electrons. The van der Waals surface area contributed by atoms with Crippen molar-refractivity contribution >= 4 is 29.3 Å². The first kappa shape index (κ1) is 24.4. The average molecular weight is 496 g/mol. The molecule has 1 aromatic heterocycles. The van der Waals surface area contributed by atoms with E-state index in [1.165, 1.54) is 27.8 Å². The number of hydrogen-bond acceptors (Lipinski definition) is 7. The minimum absolute atomic E-state index is 0.00278.